The van der Waals surface area contributed by atoms with Crippen molar-refractivity contribution >= 4 is 15.9 Å². The van der Waals surface area contributed by atoms with Crippen LogP contribution in [0.4, 0.5) is 0 Å². The average Bonchev–Trinajstić information content (AvgIpc) is 2.57. The lowest BCUT2D eigenvalue weighted by molar-refractivity contribution is -0.121. The molecular formula is C19H25N3O3S. The number of hydrogen-bond donors (Lipinski definition) is 2. The van der Waals surface area contributed by atoms with E-state index in [1.807, 2.05) is 12.1 Å². The maximum absolute atomic E-state index is 12.3. The van der Waals surface area contributed by atoms with Crippen LogP contribution in [0.15, 0.2) is 53.7 Å². The number of benzene rings is 1. The Labute approximate surface area is 155 Å². The highest BCUT2D eigenvalue weighted by molar-refractivity contribution is 7.89. The Morgan fingerprint density at radius 3 is 2.19 bits per heavy atom. The topological polar surface area (TPSA) is 88.2 Å². The van der Waals surface area contributed by atoms with Gasteiger partial charge in [-0.15, -0.1) is 0 Å². The molecule has 0 saturated carbocycles. The van der Waals surface area contributed by atoms with Crippen molar-refractivity contribution < 1.29 is 13.2 Å². The van der Waals surface area contributed by atoms with Gasteiger partial charge in [-0.25, -0.2) is 13.1 Å². The molecular weight excluding hydrogens is 350 g/mol. The number of amides is 1. The number of pyridine rings is 1. The summed E-state index contributed by atoms with van der Waals surface area (Å²) in [7, 11) is -3.54. The second kappa shape index (κ2) is 8.42. The fourth-order valence-corrected chi connectivity index (χ4v) is 3.76. The molecule has 0 aliphatic rings. The van der Waals surface area contributed by atoms with Gasteiger partial charge in [0, 0.05) is 30.9 Å². The third-order valence-corrected chi connectivity index (χ3v) is 5.33. The van der Waals surface area contributed by atoms with Crippen LogP contribution in [0.3, 0.4) is 0 Å². The molecule has 0 fully saturated rings. The average molecular weight is 375 g/mol. The number of aryl methyl sites for hydroxylation is 1. The van der Waals surface area contributed by atoms with Crippen LogP contribution < -0.4 is 10.0 Å². The predicted molar refractivity (Wildman–Crippen MR) is 101 cm³/mol. The molecule has 0 bridgehead atoms. The van der Waals surface area contributed by atoms with E-state index in [4.69, 9.17) is 0 Å². The summed E-state index contributed by atoms with van der Waals surface area (Å²) in [5.41, 5.74) is 1.37. The van der Waals surface area contributed by atoms with Crippen molar-refractivity contribution in [1.82, 2.24) is 15.0 Å². The summed E-state index contributed by atoms with van der Waals surface area (Å²) in [6, 6.07) is 10.3. The van der Waals surface area contributed by atoms with E-state index in [2.05, 4.69) is 15.0 Å². The Bertz CT molecular complexity index is 827. The van der Waals surface area contributed by atoms with Crippen molar-refractivity contribution in [2.45, 2.75) is 50.6 Å². The SMILES string of the molecule is CC(C)(C)NS(=O)(=O)c1ccc(CCC(=O)NCc2ccncc2)cc1. The van der Waals surface area contributed by atoms with Crippen LogP contribution in [0, 0.1) is 0 Å². The molecule has 2 aromatic rings. The monoisotopic (exact) mass is 375 g/mol. The van der Waals surface area contributed by atoms with E-state index in [-0.39, 0.29) is 10.8 Å². The van der Waals surface area contributed by atoms with Gasteiger partial charge in [0.25, 0.3) is 0 Å². The van der Waals surface area contributed by atoms with Gasteiger partial charge < -0.3 is 5.32 Å². The number of rotatable bonds is 7. The molecule has 7 heteroatoms. The molecule has 1 aromatic heterocycles. The molecule has 6 nitrogen and oxygen atoms in total. The van der Waals surface area contributed by atoms with E-state index in [0.29, 0.717) is 19.4 Å². The molecule has 0 aliphatic carbocycles. The standard InChI is InChI=1S/C19H25N3O3S/c1-19(2,3)22-26(24,25)17-7-4-15(5-8-17)6-9-18(23)21-14-16-10-12-20-13-11-16/h4-5,7-8,10-13,22H,6,9,14H2,1-3H3,(H,21,23). The van der Waals surface area contributed by atoms with Crippen molar-refractivity contribution in [1.29, 1.82) is 0 Å². The summed E-state index contributed by atoms with van der Waals surface area (Å²) in [5, 5.41) is 2.86. The minimum absolute atomic E-state index is 0.0482. The molecule has 2 N–H and O–H groups in total. The Morgan fingerprint density at radius 1 is 1.00 bits per heavy atom. The molecule has 140 valence electrons. The molecule has 0 unspecified atom stereocenters. The molecule has 0 aliphatic heterocycles. The van der Waals surface area contributed by atoms with Gasteiger partial charge >= 0.3 is 0 Å². The lowest BCUT2D eigenvalue weighted by Gasteiger charge is -2.20. The summed E-state index contributed by atoms with van der Waals surface area (Å²) in [6.07, 6.45) is 4.27. The van der Waals surface area contributed by atoms with E-state index in [0.717, 1.165) is 11.1 Å². The molecule has 26 heavy (non-hydrogen) atoms. The maximum atomic E-state index is 12.3. The fourth-order valence-electron chi connectivity index (χ4n) is 2.34. The lowest BCUT2D eigenvalue weighted by Crippen LogP contribution is -2.40. The zero-order valence-electron chi connectivity index (χ0n) is 15.3. The molecule has 0 radical (unpaired) electrons. The first-order valence-electron chi connectivity index (χ1n) is 8.44. The van der Waals surface area contributed by atoms with Crippen molar-refractivity contribution in [2.24, 2.45) is 0 Å². The number of carbonyl (C=O) groups is 1. The third kappa shape index (κ3) is 6.57. The largest absolute Gasteiger partial charge is 0.352 e. The minimum Gasteiger partial charge on any atom is -0.352 e. The van der Waals surface area contributed by atoms with Gasteiger partial charge in [0.2, 0.25) is 15.9 Å². The van der Waals surface area contributed by atoms with Crippen LogP contribution in [-0.4, -0.2) is 24.8 Å². The highest BCUT2D eigenvalue weighted by Gasteiger charge is 2.21. The maximum Gasteiger partial charge on any atom is 0.241 e. The molecule has 1 amide bonds. The van der Waals surface area contributed by atoms with Crippen LogP contribution in [0.25, 0.3) is 0 Å². The number of hydrogen-bond acceptors (Lipinski definition) is 4. The number of aromatic nitrogens is 1. The van der Waals surface area contributed by atoms with Gasteiger partial charge in [-0.2, -0.15) is 0 Å². The zero-order valence-corrected chi connectivity index (χ0v) is 16.1. The highest BCUT2D eigenvalue weighted by Crippen LogP contribution is 2.14. The fraction of sp³-hybridized carbons (Fsp3) is 0.368. The van der Waals surface area contributed by atoms with Gasteiger partial charge in [-0.1, -0.05) is 12.1 Å². The van der Waals surface area contributed by atoms with Crippen LogP contribution in [0.5, 0.6) is 0 Å². The highest BCUT2D eigenvalue weighted by atomic mass is 32.2. The Hall–Kier alpha value is -2.25. The van der Waals surface area contributed by atoms with Crippen molar-refractivity contribution in [2.75, 3.05) is 0 Å². The Morgan fingerprint density at radius 2 is 1.62 bits per heavy atom. The minimum atomic E-state index is -3.54. The van der Waals surface area contributed by atoms with Gasteiger partial charge in [0.1, 0.15) is 0 Å². The van der Waals surface area contributed by atoms with E-state index in [1.54, 1.807) is 57.4 Å². The smallest absolute Gasteiger partial charge is 0.241 e. The summed E-state index contributed by atoms with van der Waals surface area (Å²) >= 11 is 0. The first kappa shape index (κ1) is 20.1. The van der Waals surface area contributed by atoms with Crippen LogP contribution >= 0.6 is 0 Å². The van der Waals surface area contributed by atoms with Crippen LogP contribution in [0.2, 0.25) is 0 Å². The van der Waals surface area contributed by atoms with Crippen molar-refractivity contribution in [3.05, 3.63) is 59.9 Å². The molecule has 1 heterocycles. The van der Waals surface area contributed by atoms with E-state index in [1.165, 1.54) is 0 Å². The Balaban J connectivity index is 1.86. The second-order valence-corrected chi connectivity index (χ2v) is 8.81. The van der Waals surface area contributed by atoms with Gasteiger partial charge in [-0.05, 0) is 62.6 Å². The zero-order chi connectivity index (χ0) is 19.2. The number of carbonyl (C=O) groups excluding carboxylic acids is 1. The van der Waals surface area contributed by atoms with Crippen molar-refractivity contribution in [3.63, 3.8) is 0 Å². The van der Waals surface area contributed by atoms with E-state index < -0.39 is 15.6 Å². The van der Waals surface area contributed by atoms with Gasteiger partial charge in [0.15, 0.2) is 0 Å². The normalized spacial score (nSPS) is 12.0. The molecule has 0 spiro atoms. The number of nitrogens with zero attached hydrogens (tertiary/aromatic N) is 1. The summed E-state index contributed by atoms with van der Waals surface area (Å²) in [5.74, 6) is -0.0482. The molecule has 2 rings (SSSR count). The van der Waals surface area contributed by atoms with Crippen LogP contribution in [0.1, 0.15) is 38.3 Å². The van der Waals surface area contributed by atoms with E-state index >= 15 is 0 Å². The summed E-state index contributed by atoms with van der Waals surface area (Å²) in [6.45, 7) is 5.85. The second-order valence-electron chi connectivity index (χ2n) is 7.13. The molecule has 1 aromatic carbocycles. The molecule has 0 atom stereocenters. The lowest BCUT2D eigenvalue weighted by atomic mass is 10.1. The van der Waals surface area contributed by atoms with Gasteiger partial charge in [0.05, 0.1) is 4.90 Å². The third-order valence-electron chi connectivity index (χ3n) is 3.55. The number of sulfonamides is 1. The number of nitrogens with one attached hydrogen (secondary N) is 2. The first-order valence-corrected chi connectivity index (χ1v) is 9.92. The Kier molecular flexibility index (Phi) is 6.50. The summed E-state index contributed by atoms with van der Waals surface area (Å²) < 4.78 is 27.1. The van der Waals surface area contributed by atoms with Crippen LogP contribution in [-0.2, 0) is 27.8 Å². The molecule has 0 saturated heterocycles. The van der Waals surface area contributed by atoms with Gasteiger partial charge in [-0.3, -0.25) is 9.78 Å². The first-order chi connectivity index (χ1) is 12.2. The predicted octanol–water partition coefficient (Wildman–Crippen LogP) is 2.41. The van der Waals surface area contributed by atoms with E-state index in [9.17, 15) is 13.2 Å². The van der Waals surface area contributed by atoms with Crippen molar-refractivity contribution in [3.8, 4) is 0 Å². The summed E-state index contributed by atoms with van der Waals surface area (Å²) in [4.78, 5) is 16.1. The quantitative estimate of drug-likeness (QED) is 0.778.